The van der Waals surface area contributed by atoms with E-state index in [1.807, 2.05) is 18.2 Å². The number of hydrogen-bond donors (Lipinski definition) is 3. The van der Waals surface area contributed by atoms with Gasteiger partial charge in [-0.1, -0.05) is 101 Å². The molecule has 14 heteroatoms. The minimum absolute atomic E-state index is 0.00553. The Hall–Kier alpha value is -3.40. The Kier molecular flexibility index (Phi) is 21.9. The summed E-state index contributed by atoms with van der Waals surface area (Å²) in [5.41, 5.74) is 15.9. The number of nitrogens with two attached hydrogens (primary N) is 2. The fourth-order valence-corrected chi connectivity index (χ4v) is 19.3. The van der Waals surface area contributed by atoms with Gasteiger partial charge in [-0.2, -0.15) is 12.6 Å². The molecule has 1 aromatic rings. The second-order valence-corrected chi connectivity index (χ2v) is 29.3. The first-order chi connectivity index (χ1) is 38.3. The van der Waals surface area contributed by atoms with Crippen LogP contribution in [0.3, 0.4) is 0 Å². The van der Waals surface area contributed by atoms with Crippen LogP contribution in [0.4, 0.5) is 0 Å². The fraction of sp³-hybridized carbons (Fsp3) is 0.742. The van der Waals surface area contributed by atoms with E-state index in [1.165, 1.54) is 90.5 Å². The van der Waals surface area contributed by atoms with Crippen LogP contribution in [-0.4, -0.2) is 77.9 Å². The maximum atomic E-state index is 13.1. The molecule has 0 aromatic carbocycles. The van der Waals surface area contributed by atoms with Crippen LogP contribution in [0.2, 0.25) is 0 Å². The molecule has 2 bridgehead atoms. The van der Waals surface area contributed by atoms with Gasteiger partial charge in [0.2, 0.25) is 0 Å². The molecule has 5 saturated carbocycles. The summed E-state index contributed by atoms with van der Waals surface area (Å²) in [7, 11) is 3.06. The Morgan fingerprint density at radius 2 is 1.50 bits per heavy atom. The molecular weight excluding hydrogens is 1060 g/mol. The molecule has 1 heterocycles. The van der Waals surface area contributed by atoms with Crippen molar-refractivity contribution in [3.63, 3.8) is 0 Å². The minimum atomic E-state index is -0.673. The summed E-state index contributed by atoms with van der Waals surface area (Å²) in [6.45, 7) is 16.9. The molecule has 440 valence electrons. The summed E-state index contributed by atoms with van der Waals surface area (Å²) in [5.74, 6) is 16.0. The normalized spacial score (nSPS) is 33.9. The first-order valence-electron chi connectivity index (χ1n) is 30.7. The van der Waals surface area contributed by atoms with Crippen molar-refractivity contribution in [2.24, 2.45) is 86.4 Å². The molecule has 4 unspecified atom stereocenters. The monoisotopic (exact) mass is 1150 g/mol. The maximum absolute atomic E-state index is 13.1. The average molecular weight is 1150 g/mol. The molecule has 17 atom stereocenters. The van der Waals surface area contributed by atoms with Crippen molar-refractivity contribution in [1.29, 1.82) is 0 Å². The number of rotatable bonds is 23. The van der Waals surface area contributed by atoms with Gasteiger partial charge in [-0.05, 0) is 218 Å². The minimum Gasteiger partial charge on any atom is -0.461 e. The Morgan fingerprint density at radius 1 is 0.812 bits per heavy atom. The third-order valence-electron chi connectivity index (χ3n) is 21.9. The SMILES string of the molecule is CCC(CCC1CC2C=C3C[C@@H](OC(=O)[C@@H](N)CSSc4ccccn4)CC[C@]3(C)C(C)(C2)C1)[C@H](C)CCC(=O)OCC#CC#CCOC(=O)CC[C@@H](C)[C@H]1CC[C@H]2[C@@H]3CC=C4C[C@@H](OC(=O)[C@@H](N)CS)CC[C@]4(C)[C@H]3CC[C@]12C. The molecule has 0 radical (unpaired) electrons. The number of esters is 4. The first kappa shape index (κ1) is 62.6. The number of allylic oxidation sites excluding steroid dienone is 2. The van der Waals surface area contributed by atoms with E-state index in [0.717, 1.165) is 69.2 Å². The highest BCUT2D eigenvalue weighted by atomic mass is 33.1. The van der Waals surface area contributed by atoms with Crippen LogP contribution in [-0.2, 0) is 38.1 Å². The largest absolute Gasteiger partial charge is 0.461 e. The Labute approximate surface area is 493 Å². The highest BCUT2D eigenvalue weighted by Gasteiger charge is 2.60. The maximum Gasteiger partial charge on any atom is 0.324 e. The quantitative estimate of drug-likeness (QED) is 0.0236. The Bertz CT molecular complexity index is 2520. The third-order valence-corrected chi connectivity index (χ3v) is 24.6. The highest BCUT2D eigenvalue weighted by molar-refractivity contribution is 8.76. The predicted molar refractivity (Wildman–Crippen MR) is 324 cm³/mol. The van der Waals surface area contributed by atoms with Gasteiger partial charge in [0.1, 0.15) is 29.3 Å². The summed E-state index contributed by atoms with van der Waals surface area (Å²) < 4.78 is 22.9. The topological polar surface area (TPSA) is 170 Å². The molecule has 5 fully saturated rings. The summed E-state index contributed by atoms with van der Waals surface area (Å²) in [5, 5.41) is 0.898. The van der Waals surface area contributed by atoms with Crippen molar-refractivity contribution >= 4 is 58.1 Å². The van der Waals surface area contributed by atoms with Crippen molar-refractivity contribution in [2.45, 2.75) is 213 Å². The lowest BCUT2D eigenvalue weighted by Gasteiger charge is -2.59. The second kappa shape index (κ2) is 28.0. The van der Waals surface area contributed by atoms with Gasteiger partial charge in [-0.25, -0.2) is 4.98 Å². The molecule has 0 aliphatic heterocycles. The number of nitrogens with zero attached hydrogens (tertiary/aromatic N) is 1. The number of carbonyl (C=O) groups excluding carboxylic acids is 4. The number of carbonyl (C=O) groups is 4. The summed E-state index contributed by atoms with van der Waals surface area (Å²) in [6.07, 6.45) is 27.6. The van der Waals surface area contributed by atoms with Crippen LogP contribution >= 0.6 is 34.2 Å². The van der Waals surface area contributed by atoms with Crippen molar-refractivity contribution in [2.75, 3.05) is 24.7 Å². The van der Waals surface area contributed by atoms with E-state index in [0.29, 0.717) is 77.6 Å². The number of ether oxygens (including phenoxy) is 4. The van der Waals surface area contributed by atoms with Crippen LogP contribution < -0.4 is 11.5 Å². The molecule has 11 nitrogen and oxygen atoms in total. The number of fused-ring (bicyclic) bond motifs is 9. The van der Waals surface area contributed by atoms with E-state index in [4.69, 9.17) is 30.4 Å². The van der Waals surface area contributed by atoms with E-state index in [2.05, 4.69) is 102 Å². The molecule has 1 aromatic heterocycles. The van der Waals surface area contributed by atoms with Gasteiger partial charge in [-0.3, -0.25) is 19.2 Å². The molecule has 8 rings (SSSR count). The number of thiol groups is 1. The smallest absolute Gasteiger partial charge is 0.324 e. The van der Waals surface area contributed by atoms with Gasteiger partial charge in [0, 0.05) is 43.4 Å². The van der Waals surface area contributed by atoms with E-state index in [1.54, 1.807) is 6.20 Å². The zero-order chi connectivity index (χ0) is 57.2. The van der Waals surface area contributed by atoms with Gasteiger partial charge >= 0.3 is 23.9 Å². The molecule has 7 aliphatic rings. The van der Waals surface area contributed by atoms with Crippen LogP contribution in [0.15, 0.2) is 52.7 Å². The zero-order valence-electron chi connectivity index (χ0n) is 49.3. The second-order valence-electron chi connectivity index (χ2n) is 26.6. The van der Waals surface area contributed by atoms with Gasteiger partial charge in [0.15, 0.2) is 13.2 Å². The van der Waals surface area contributed by atoms with E-state index in [-0.39, 0.29) is 71.0 Å². The van der Waals surface area contributed by atoms with Gasteiger partial charge in [-0.15, -0.1) is 0 Å². The lowest BCUT2D eigenvalue weighted by atomic mass is 9.46. The number of pyridine rings is 1. The van der Waals surface area contributed by atoms with Crippen LogP contribution in [0.1, 0.15) is 183 Å². The molecule has 7 aliphatic carbocycles. The summed E-state index contributed by atoms with van der Waals surface area (Å²) in [6, 6.07) is 4.45. The predicted octanol–water partition coefficient (Wildman–Crippen LogP) is 13.1. The Morgan fingerprint density at radius 3 is 2.19 bits per heavy atom. The third kappa shape index (κ3) is 14.7. The van der Waals surface area contributed by atoms with E-state index in [9.17, 15) is 19.2 Å². The molecule has 0 spiro atoms. The van der Waals surface area contributed by atoms with Crippen molar-refractivity contribution in [3.8, 4) is 23.7 Å². The number of aromatic nitrogens is 1. The molecule has 0 amide bonds. The van der Waals surface area contributed by atoms with Crippen molar-refractivity contribution in [1.82, 2.24) is 4.98 Å². The van der Waals surface area contributed by atoms with Crippen molar-refractivity contribution < 1.29 is 38.1 Å². The van der Waals surface area contributed by atoms with E-state index < -0.39 is 12.1 Å². The van der Waals surface area contributed by atoms with Gasteiger partial charge < -0.3 is 30.4 Å². The number of hydrogen-bond acceptors (Lipinski definition) is 14. The highest BCUT2D eigenvalue weighted by Crippen LogP contribution is 2.68. The summed E-state index contributed by atoms with van der Waals surface area (Å²) in [4.78, 5) is 55.4. The lowest BCUT2D eigenvalue weighted by molar-refractivity contribution is -0.153. The lowest BCUT2D eigenvalue weighted by Crippen LogP contribution is -2.51. The van der Waals surface area contributed by atoms with Crippen LogP contribution in [0.5, 0.6) is 0 Å². The average Bonchev–Trinajstić information content (AvgIpc) is 3.89. The molecule has 4 N–H and O–H groups in total. The molecule has 0 saturated heterocycles. The fourth-order valence-electron chi connectivity index (χ4n) is 17.1. The van der Waals surface area contributed by atoms with Crippen LogP contribution in [0, 0.1) is 98.6 Å². The molecule has 80 heavy (non-hydrogen) atoms. The Balaban J connectivity index is 0.686. The standard InChI is InChI=1S/C66H95N3O8S3/c1-8-47(19-18-45-35-46-36-49-38-51(27-31-66(49,7)63(4,39-45)40-46)77-62(73)57(68)42-79-80-58-15-11-12-32-69-58)43(2)16-24-59(70)74-33-13-9-10-14-34-75-60(71)25-17-44(3)53-22-23-54-52-21-20-48-37-50(76-61(72)56(67)41-78)26-29-64(48,5)55(52)28-30-65(53,54)6/h11-12,15,20,32,36,43-47,50-57,78H,8,16-19,21-31,33-35,37-42,67-68H2,1-7H3/t43-,44-,45?,46?,47?,50+,51+,52+,53-,54+,55+,56+,57+,63?,64+,65-,66+/m1/s1. The van der Waals surface area contributed by atoms with Crippen LogP contribution in [0.25, 0.3) is 0 Å². The van der Waals surface area contributed by atoms with Crippen molar-refractivity contribution in [3.05, 3.63) is 47.7 Å². The zero-order valence-corrected chi connectivity index (χ0v) is 51.8. The molecular formula is C66H95N3O8S3. The van der Waals surface area contributed by atoms with Gasteiger partial charge in [0.05, 0.1) is 0 Å². The summed E-state index contributed by atoms with van der Waals surface area (Å²) >= 11 is 4.18. The van der Waals surface area contributed by atoms with Gasteiger partial charge in [0.25, 0.3) is 0 Å². The first-order valence-corrected chi connectivity index (χ1v) is 33.6. The van der Waals surface area contributed by atoms with E-state index >= 15 is 0 Å².